The van der Waals surface area contributed by atoms with Crippen LogP contribution in [0, 0.1) is 0 Å². The molecule has 23 heavy (non-hydrogen) atoms. The van der Waals surface area contributed by atoms with Gasteiger partial charge in [-0.25, -0.2) is 9.97 Å². The summed E-state index contributed by atoms with van der Waals surface area (Å²) in [7, 11) is 0. The van der Waals surface area contributed by atoms with Crippen LogP contribution in [0.5, 0.6) is 0 Å². The number of hydrogen-bond acceptors (Lipinski definition) is 4. The van der Waals surface area contributed by atoms with E-state index < -0.39 is 0 Å². The van der Waals surface area contributed by atoms with E-state index in [0.29, 0.717) is 12.8 Å². The second-order valence-corrected chi connectivity index (χ2v) is 6.01. The molecule has 0 saturated carbocycles. The number of nitrogens with zero attached hydrogens (tertiary/aromatic N) is 3. The Morgan fingerprint density at radius 1 is 1.22 bits per heavy atom. The van der Waals surface area contributed by atoms with E-state index in [9.17, 15) is 4.79 Å². The van der Waals surface area contributed by atoms with Gasteiger partial charge < -0.3 is 10.6 Å². The number of carbonyl (C=O) groups excluding carboxylic acids is 1. The van der Waals surface area contributed by atoms with Crippen LogP contribution in [-0.4, -0.2) is 28.5 Å². The fraction of sp³-hybridized carbons (Fsp3) is 0.389. The summed E-state index contributed by atoms with van der Waals surface area (Å²) in [6.07, 6.45) is 6.14. The second kappa shape index (κ2) is 7.22. The molecule has 0 radical (unpaired) electrons. The quantitative estimate of drug-likeness (QED) is 0.920. The summed E-state index contributed by atoms with van der Waals surface area (Å²) in [5.74, 6) is 1.45. The Labute approximate surface area is 136 Å². The average molecular weight is 310 g/mol. The van der Waals surface area contributed by atoms with Gasteiger partial charge in [0.05, 0.1) is 0 Å². The van der Waals surface area contributed by atoms with Crippen molar-refractivity contribution in [3.05, 3.63) is 54.0 Å². The molecule has 5 heteroatoms. The summed E-state index contributed by atoms with van der Waals surface area (Å²) in [5.41, 5.74) is 6.59. The van der Waals surface area contributed by atoms with Crippen molar-refractivity contribution in [2.45, 2.75) is 38.1 Å². The number of benzene rings is 1. The zero-order valence-corrected chi connectivity index (χ0v) is 13.2. The van der Waals surface area contributed by atoms with Gasteiger partial charge in [-0.15, -0.1) is 0 Å². The Hall–Kier alpha value is -2.43. The second-order valence-electron chi connectivity index (χ2n) is 6.01. The van der Waals surface area contributed by atoms with Gasteiger partial charge >= 0.3 is 0 Å². The van der Waals surface area contributed by atoms with Gasteiger partial charge in [-0.05, 0) is 30.9 Å². The molecule has 120 valence electrons. The first-order valence-electron chi connectivity index (χ1n) is 8.13. The van der Waals surface area contributed by atoms with Crippen LogP contribution in [-0.2, 0) is 11.2 Å². The molecule has 2 aromatic rings. The number of hydrogen-bond donors (Lipinski definition) is 1. The molecule has 1 aromatic heterocycles. The van der Waals surface area contributed by atoms with E-state index in [1.165, 1.54) is 5.56 Å². The van der Waals surface area contributed by atoms with Gasteiger partial charge in [0, 0.05) is 31.6 Å². The van der Waals surface area contributed by atoms with Crippen molar-refractivity contribution < 1.29 is 4.79 Å². The zero-order chi connectivity index (χ0) is 16.1. The summed E-state index contributed by atoms with van der Waals surface area (Å²) in [6.45, 7) is 0.916. The van der Waals surface area contributed by atoms with Crippen LogP contribution in [0.15, 0.2) is 42.6 Å². The largest absolute Gasteiger partial charge is 0.370 e. The fourth-order valence-corrected chi connectivity index (χ4v) is 3.16. The van der Waals surface area contributed by atoms with E-state index in [-0.39, 0.29) is 11.9 Å². The Morgan fingerprint density at radius 3 is 2.83 bits per heavy atom. The van der Waals surface area contributed by atoms with Gasteiger partial charge in [0.2, 0.25) is 5.91 Å². The standard InChI is InChI=1S/C18H22N4O/c19-16(23)13-15-8-4-5-11-22(15)18-9-10-20-17(21-18)12-14-6-2-1-3-7-14/h1-3,6-7,9-10,15H,4-5,8,11-13H2,(H2,19,23)/t15-/m0/s1. The maximum absolute atomic E-state index is 11.3. The Kier molecular flexibility index (Phi) is 4.86. The summed E-state index contributed by atoms with van der Waals surface area (Å²) in [5, 5.41) is 0. The lowest BCUT2D eigenvalue weighted by molar-refractivity contribution is -0.118. The third-order valence-corrected chi connectivity index (χ3v) is 4.25. The normalized spacial score (nSPS) is 17.9. The highest BCUT2D eigenvalue weighted by molar-refractivity contribution is 5.75. The summed E-state index contributed by atoms with van der Waals surface area (Å²) >= 11 is 0. The molecule has 0 aliphatic carbocycles. The minimum atomic E-state index is -0.250. The highest BCUT2D eigenvalue weighted by atomic mass is 16.1. The van der Waals surface area contributed by atoms with E-state index in [0.717, 1.165) is 37.4 Å². The monoisotopic (exact) mass is 310 g/mol. The number of carbonyl (C=O) groups is 1. The summed E-state index contributed by atoms with van der Waals surface area (Å²) in [6, 6.07) is 12.3. The lowest BCUT2D eigenvalue weighted by atomic mass is 9.99. The maximum atomic E-state index is 11.3. The number of piperidine rings is 1. The number of aromatic nitrogens is 2. The average Bonchev–Trinajstić information content (AvgIpc) is 2.56. The molecule has 1 aliphatic heterocycles. The molecular weight excluding hydrogens is 288 g/mol. The van der Waals surface area contributed by atoms with Gasteiger partial charge in [-0.3, -0.25) is 4.79 Å². The number of anilines is 1. The van der Waals surface area contributed by atoms with Crippen LogP contribution in [0.2, 0.25) is 0 Å². The van der Waals surface area contributed by atoms with E-state index >= 15 is 0 Å². The SMILES string of the molecule is NC(=O)C[C@@H]1CCCCN1c1ccnc(Cc2ccccc2)n1. The minimum absolute atomic E-state index is 0.153. The van der Waals surface area contributed by atoms with Crippen LogP contribution in [0.25, 0.3) is 0 Å². The van der Waals surface area contributed by atoms with Gasteiger partial charge in [0.25, 0.3) is 0 Å². The minimum Gasteiger partial charge on any atom is -0.370 e. The van der Waals surface area contributed by atoms with Crippen LogP contribution in [0.3, 0.4) is 0 Å². The summed E-state index contributed by atoms with van der Waals surface area (Å²) in [4.78, 5) is 22.6. The lowest BCUT2D eigenvalue weighted by Gasteiger charge is -2.36. The number of amides is 1. The zero-order valence-electron chi connectivity index (χ0n) is 13.2. The topological polar surface area (TPSA) is 72.1 Å². The Balaban J connectivity index is 1.79. The third kappa shape index (κ3) is 4.06. The first kappa shape index (κ1) is 15.5. The molecule has 5 nitrogen and oxygen atoms in total. The highest BCUT2D eigenvalue weighted by Crippen LogP contribution is 2.25. The smallest absolute Gasteiger partial charge is 0.219 e. The molecule has 2 N–H and O–H groups in total. The van der Waals surface area contributed by atoms with Gasteiger partial charge in [0.15, 0.2) is 0 Å². The van der Waals surface area contributed by atoms with Crippen molar-refractivity contribution in [3.63, 3.8) is 0 Å². The molecule has 0 unspecified atom stereocenters. The molecule has 1 aromatic carbocycles. The highest BCUT2D eigenvalue weighted by Gasteiger charge is 2.25. The van der Waals surface area contributed by atoms with E-state index in [4.69, 9.17) is 10.7 Å². The molecule has 2 heterocycles. The number of rotatable bonds is 5. The van der Waals surface area contributed by atoms with Crippen LogP contribution >= 0.6 is 0 Å². The Morgan fingerprint density at radius 2 is 2.04 bits per heavy atom. The number of nitrogens with two attached hydrogens (primary N) is 1. The van der Waals surface area contributed by atoms with Crippen molar-refractivity contribution >= 4 is 11.7 Å². The molecule has 1 saturated heterocycles. The predicted octanol–water partition coefficient (Wildman–Crippen LogP) is 2.30. The molecular formula is C18H22N4O. The van der Waals surface area contributed by atoms with Crippen molar-refractivity contribution in [2.24, 2.45) is 5.73 Å². The molecule has 1 atom stereocenters. The van der Waals surface area contributed by atoms with Gasteiger partial charge in [-0.1, -0.05) is 30.3 Å². The maximum Gasteiger partial charge on any atom is 0.219 e. The van der Waals surface area contributed by atoms with Crippen molar-refractivity contribution in [3.8, 4) is 0 Å². The molecule has 3 rings (SSSR count). The number of primary amides is 1. The fourth-order valence-electron chi connectivity index (χ4n) is 3.16. The first-order chi connectivity index (χ1) is 11.2. The molecule has 1 aliphatic rings. The summed E-state index contributed by atoms with van der Waals surface area (Å²) < 4.78 is 0. The molecule has 0 spiro atoms. The van der Waals surface area contributed by atoms with Crippen LogP contribution in [0.1, 0.15) is 37.1 Å². The van der Waals surface area contributed by atoms with Gasteiger partial charge in [-0.2, -0.15) is 0 Å². The molecule has 1 fully saturated rings. The van der Waals surface area contributed by atoms with Crippen molar-refractivity contribution in [2.75, 3.05) is 11.4 Å². The molecule has 0 bridgehead atoms. The van der Waals surface area contributed by atoms with Crippen molar-refractivity contribution in [1.82, 2.24) is 9.97 Å². The lowest BCUT2D eigenvalue weighted by Crippen LogP contribution is -2.42. The Bertz CT molecular complexity index is 659. The van der Waals surface area contributed by atoms with Crippen LogP contribution < -0.4 is 10.6 Å². The molecule has 1 amide bonds. The predicted molar refractivity (Wildman–Crippen MR) is 90.1 cm³/mol. The van der Waals surface area contributed by atoms with Crippen molar-refractivity contribution in [1.29, 1.82) is 0 Å². The van der Waals surface area contributed by atoms with E-state index in [2.05, 4.69) is 22.0 Å². The van der Waals surface area contributed by atoms with E-state index in [1.54, 1.807) is 6.20 Å². The third-order valence-electron chi connectivity index (χ3n) is 4.25. The van der Waals surface area contributed by atoms with E-state index in [1.807, 2.05) is 24.3 Å². The van der Waals surface area contributed by atoms with Crippen LogP contribution in [0.4, 0.5) is 5.82 Å². The first-order valence-corrected chi connectivity index (χ1v) is 8.13. The van der Waals surface area contributed by atoms with Gasteiger partial charge in [0.1, 0.15) is 11.6 Å².